The molecule has 23 heavy (non-hydrogen) atoms. The largest absolute Gasteiger partial charge is 0.444 e. The molecule has 2 N–H and O–H groups in total. The average Bonchev–Trinajstić information content (AvgIpc) is 2.37. The third-order valence-electron chi connectivity index (χ3n) is 2.85. The Kier molecular flexibility index (Phi) is 7.25. The van der Waals surface area contributed by atoms with Gasteiger partial charge in [-0.1, -0.05) is 13.8 Å². The second-order valence-corrected chi connectivity index (χ2v) is 7.82. The molecule has 1 rings (SSSR count). The molecule has 0 radical (unpaired) electrons. The summed E-state index contributed by atoms with van der Waals surface area (Å²) >= 11 is 3.45. The van der Waals surface area contributed by atoms with Crippen LogP contribution in [0.2, 0.25) is 0 Å². The summed E-state index contributed by atoms with van der Waals surface area (Å²) in [6, 6.07) is 0.0492. The van der Waals surface area contributed by atoms with Crippen LogP contribution in [0.15, 0.2) is 10.7 Å². The van der Waals surface area contributed by atoms with Crippen LogP contribution in [-0.4, -0.2) is 34.2 Å². The fourth-order valence-corrected chi connectivity index (χ4v) is 2.34. The predicted octanol–water partition coefficient (Wildman–Crippen LogP) is 3.90. The zero-order valence-corrected chi connectivity index (χ0v) is 16.3. The lowest BCUT2D eigenvalue weighted by Gasteiger charge is -2.24. The molecule has 0 saturated heterocycles. The monoisotopic (exact) mass is 386 g/mol. The number of ether oxygens (including phenoxy) is 1. The number of rotatable bonds is 6. The lowest BCUT2D eigenvalue weighted by atomic mass is 10.0. The van der Waals surface area contributed by atoms with Gasteiger partial charge in [-0.15, -0.1) is 0 Å². The Hall–Kier alpha value is -1.37. The maximum atomic E-state index is 11.8. The van der Waals surface area contributed by atoms with E-state index in [4.69, 9.17) is 4.74 Å². The molecule has 0 aliphatic rings. The summed E-state index contributed by atoms with van der Waals surface area (Å²) in [5, 5.41) is 6.19. The molecule has 0 aliphatic heterocycles. The van der Waals surface area contributed by atoms with Crippen molar-refractivity contribution in [1.29, 1.82) is 0 Å². The molecule has 1 aromatic heterocycles. The number of amides is 1. The maximum Gasteiger partial charge on any atom is 0.407 e. The molecule has 0 saturated carbocycles. The molecule has 1 heterocycles. The van der Waals surface area contributed by atoms with Crippen LogP contribution in [0, 0.1) is 12.8 Å². The van der Waals surface area contributed by atoms with Gasteiger partial charge in [-0.25, -0.2) is 14.8 Å². The highest BCUT2D eigenvalue weighted by molar-refractivity contribution is 9.10. The van der Waals surface area contributed by atoms with Gasteiger partial charge in [-0.2, -0.15) is 0 Å². The van der Waals surface area contributed by atoms with Gasteiger partial charge >= 0.3 is 6.09 Å². The van der Waals surface area contributed by atoms with Crippen molar-refractivity contribution in [2.45, 2.75) is 59.6 Å². The van der Waals surface area contributed by atoms with Gasteiger partial charge in [-0.3, -0.25) is 0 Å². The maximum absolute atomic E-state index is 11.8. The molecule has 1 aromatic rings. The Morgan fingerprint density at radius 2 is 2.04 bits per heavy atom. The third-order valence-corrected chi connectivity index (χ3v) is 3.43. The van der Waals surface area contributed by atoms with E-state index in [2.05, 4.69) is 50.4 Å². The van der Waals surface area contributed by atoms with E-state index in [9.17, 15) is 4.79 Å². The normalized spacial score (nSPS) is 12.9. The molecule has 0 bridgehead atoms. The van der Waals surface area contributed by atoms with Crippen molar-refractivity contribution >= 4 is 27.8 Å². The number of carbonyl (C=O) groups excluding carboxylic acids is 1. The van der Waals surface area contributed by atoms with Gasteiger partial charge < -0.3 is 15.4 Å². The van der Waals surface area contributed by atoms with E-state index in [-0.39, 0.29) is 6.04 Å². The summed E-state index contributed by atoms with van der Waals surface area (Å²) in [5.74, 6) is 1.91. The number of aryl methyl sites for hydroxylation is 1. The number of hydrogen-bond acceptors (Lipinski definition) is 5. The summed E-state index contributed by atoms with van der Waals surface area (Å²) in [6.45, 7) is 12.1. The Morgan fingerprint density at radius 3 is 2.61 bits per heavy atom. The van der Waals surface area contributed by atoms with Gasteiger partial charge in [0.05, 0.1) is 4.47 Å². The van der Waals surface area contributed by atoms with E-state index in [1.54, 1.807) is 6.20 Å². The molecule has 0 aromatic carbocycles. The number of carbonyl (C=O) groups is 1. The van der Waals surface area contributed by atoms with Crippen LogP contribution in [-0.2, 0) is 4.74 Å². The minimum absolute atomic E-state index is 0.0492. The first-order valence-corrected chi connectivity index (χ1v) is 8.58. The Labute approximate surface area is 146 Å². The molecule has 130 valence electrons. The fourth-order valence-electron chi connectivity index (χ4n) is 2.03. The van der Waals surface area contributed by atoms with Crippen molar-refractivity contribution in [2.75, 3.05) is 11.9 Å². The number of aromatic nitrogens is 2. The Bertz CT molecular complexity index is 529. The first-order valence-electron chi connectivity index (χ1n) is 7.79. The van der Waals surface area contributed by atoms with E-state index in [0.717, 1.165) is 16.7 Å². The van der Waals surface area contributed by atoms with Crippen molar-refractivity contribution in [3.05, 3.63) is 16.5 Å². The number of alkyl carbamates (subject to hydrolysis) is 1. The molecule has 0 spiro atoms. The molecule has 0 fully saturated rings. The van der Waals surface area contributed by atoms with Crippen LogP contribution < -0.4 is 10.6 Å². The van der Waals surface area contributed by atoms with Crippen LogP contribution in [0.4, 0.5) is 10.6 Å². The van der Waals surface area contributed by atoms with Crippen molar-refractivity contribution in [3.8, 4) is 0 Å². The van der Waals surface area contributed by atoms with Crippen molar-refractivity contribution < 1.29 is 9.53 Å². The second kappa shape index (κ2) is 8.47. The molecule has 6 nitrogen and oxygen atoms in total. The first kappa shape index (κ1) is 19.7. The van der Waals surface area contributed by atoms with Gasteiger partial charge in [0.2, 0.25) is 0 Å². The lowest BCUT2D eigenvalue weighted by molar-refractivity contribution is 0.0524. The van der Waals surface area contributed by atoms with Gasteiger partial charge in [-0.05, 0) is 56.0 Å². The van der Waals surface area contributed by atoms with Gasteiger partial charge in [0.1, 0.15) is 17.2 Å². The molecule has 1 atom stereocenters. The highest BCUT2D eigenvalue weighted by atomic mass is 79.9. The van der Waals surface area contributed by atoms with E-state index in [1.165, 1.54) is 0 Å². The first-order chi connectivity index (χ1) is 10.6. The highest BCUT2D eigenvalue weighted by Gasteiger charge is 2.19. The van der Waals surface area contributed by atoms with E-state index < -0.39 is 11.7 Å². The topological polar surface area (TPSA) is 76.1 Å². The molecule has 1 unspecified atom stereocenters. The standard InChI is InChI=1S/C16H27BrN4O2/c1-10(2)7-12(8-19-15(22)23-16(4,5)6)21-14-13(17)9-18-11(3)20-14/h9-10,12H,7-8H2,1-6H3,(H,19,22)(H,18,20,21). The molecule has 0 aliphatic carbocycles. The van der Waals surface area contributed by atoms with Crippen LogP contribution in [0.5, 0.6) is 0 Å². The summed E-state index contributed by atoms with van der Waals surface area (Å²) < 4.78 is 6.07. The van der Waals surface area contributed by atoms with Crippen LogP contribution in [0.1, 0.15) is 46.9 Å². The van der Waals surface area contributed by atoms with Gasteiger partial charge in [0.15, 0.2) is 0 Å². The smallest absolute Gasteiger partial charge is 0.407 e. The van der Waals surface area contributed by atoms with Crippen LogP contribution in [0.25, 0.3) is 0 Å². The number of hydrogen-bond donors (Lipinski definition) is 2. The van der Waals surface area contributed by atoms with Crippen molar-refractivity contribution in [1.82, 2.24) is 15.3 Å². The summed E-state index contributed by atoms with van der Waals surface area (Å²) in [6.07, 6.45) is 2.20. The molecule has 1 amide bonds. The van der Waals surface area contributed by atoms with Crippen LogP contribution >= 0.6 is 15.9 Å². The number of anilines is 1. The Morgan fingerprint density at radius 1 is 1.39 bits per heavy atom. The van der Waals surface area contributed by atoms with E-state index in [1.807, 2.05) is 27.7 Å². The average molecular weight is 387 g/mol. The highest BCUT2D eigenvalue weighted by Crippen LogP contribution is 2.20. The number of nitrogens with zero attached hydrogens (tertiary/aromatic N) is 2. The van der Waals surface area contributed by atoms with Gasteiger partial charge in [0.25, 0.3) is 0 Å². The van der Waals surface area contributed by atoms with E-state index in [0.29, 0.717) is 18.3 Å². The van der Waals surface area contributed by atoms with E-state index >= 15 is 0 Å². The zero-order chi connectivity index (χ0) is 17.6. The van der Waals surface area contributed by atoms with Gasteiger partial charge in [0, 0.05) is 18.8 Å². The molecular weight excluding hydrogens is 360 g/mol. The lowest BCUT2D eigenvalue weighted by Crippen LogP contribution is -2.40. The molecule has 7 heteroatoms. The number of halogens is 1. The SMILES string of the molecule is Cc1ncc(Br)c(NC(CNC(=O)OC(C)(C)C)CC(C)C)n1. The summed E-state index contributed by atoms with van der Waals surface area (Å²) in [7, 11) is 0. The number of nitrogens with one attached hydrogen (secondary N) is 2. The molecular formula is C16H27BrN4O2. The summed E-state index contributed by atoms with van der Waals surface area (Å²) in [4.78, 5) is 20.4. The van der Waals surface area contributed by atoms with Crippen LogP contribution in [0.3, 0.4) is 0 Å². The second-order valence-electron chi connectivity index (χ2n) is 6.97. The van der Waals surface area contributed by atoms with Crippen molar-refractivity contribution in [3.63, 3.8) is 0 Å². The summed E-state index contributed by atoms with van der Waals surface area (Å²) in [5.41, 5.74) is -0.502. The van der Waals surface area contributed by atoms with Crippen molar-refractivity contribution in [2.24, 2.45) is 5.92 Å². The minimum atomic E-state index is -0.502. The third kappa shape index (κ3) is 8.16. The fraction of sp³-hybridized carbons (Fsp3) is 0.688. The predicted molar refractivity (Wildman–Crippen MR) is 95.6 cm³/mol. The quantitative estimate of drug-likeness (QED) is 0.774. The minimum Gasteiger partial charge on any atom is -0.444 e. The Balaban J connectivity index is 2.69. The zero-order valence-electron chi connectivity index (χ0n) is 14.7.